The molecule has 14 heteroatoms. The molecule has 1 amide bonds. The van der Waals surface area contributed by atoms with E-state index in [1.807, 2.05) is 0 Å². The molecule has 0 radical (unpaired) electrons. The van der Waals surface area contributed by atoms with Gasteiger partial charge in [-0.25, -0.2) is 13.8 Å². The highest BCUT2D eigenvalue weighted by Gasteiger charge is 2.16. The third-order valence-corrected chi connectivity index (χ3v) is 3.78. The summed E-state index contributed by atoms with van der Waals surface area (Å²) in [7, 11) is 0. The zero-order chi connectivity index (χ0) is 21.8. The monoisotopic (exact) mass is 455 g/mol. The maximum Gasteiger partial charge on any atom is 0.304 e. The van der Waals surface area contributed by atoms with Crippen LogP contribution in [0.2, 0.25) is 0 Å². The van der Waals surface area contributed by atoms with Crippen LogP contribution in [-0.4, -0.2) is 48.2 Å². The van der Waals surface area contributed by atoms with Crippen LogP contribution in [0.3, 0.4) is 0 Å². The number of halogens is 3. The number of tetrazole rings is 1. The Morgan fingerprint density at radius 2 is 1.97 bits per heavy atom. The highest BCUT2D eigenvalue weighted by Crippen LogP contribution is 2.27. The molecule has 3 aromatic rings. The number of benzene rings is 1. The summed E-state index contributed by atoms with van der Waals surface area (Å²) in [5, 5.41) is 20.1. The number of carbonyl (C=O) groups is 2. The van der Waals surface area contributed by atoms with E-state index in [9.17, 15) is 18.4 Å². The predicted molar refractivity (Wildman–Crippen MR) is 103 cm³/mol. The van der Waals surface area contributed by atoms with Crippen molar-refractivity contribution >= 4 is 24.3 Å². The second-order valence-corrected chi connectivity index (χ2v) is 6.14. The Hall–Kier alpha value is -3.71. The van der Waals surface area contributed by atoms with Gasteiger partial charge in [0.2, 0.25) is 11.7 Å². The number of rotatable bonds is 8. The summed E-state index contributed by atoms with van der Waals surface area (Å²) in [6, 6.07) is 3.70. The summed E-state index contributed by atoms with van der Waals surface area (Å²) in [5.74, 6) is -4.24. The molecule has 0 saturated carbocycles. The summed E-state index contributed by atoms with van der Waals surface area (Å²) in [5.41, 5.74) is 10.5. The van der Waals surface area contributed by atoms with Crippen molar-refractivity contribution in [3.8, 4) is 23.0 Å². The van der Waals surface area contributed by atoms with Gasteiger partial charge in [-0.15, -0.1) is 22.6 Å². The molecule has 0 aliphatic heterocycles. The van der Waals surface area contributed by atoms with Crippen LogP contribution in [0.15, 0.2) is 30.5 Å². The third-order valence-electron chi connectivity index (χ3n) is 3.78. The molecule has 31 heavy (non-hydrogen) atoms. The summed E-state index contributed by atoms with van der Waals surface area (Å²) in [6.07, 6.45) is 0.741. The average Bonchev–Trinajstić information content (AvgIpc) is 3.10. The zero-order valence-electron chi connectivity index (χ0n) is 15.6. The van der Waals surface area contributed by atoms with E-state index in [1.165, 1.54) is 12.1 Å². The van der Waals surface area contributed by atoms with Crippen molar-refractivity contribution in [2.75, 3.05) is 0 Å². The van der Waals surface area contributed by atoms with Crippen LogP contribution in [0, 0.1) is 11.6 Å². The minimum absolute atomic E-state index is 0. The number of pyridine rings is 1. The Bertz CT molecular complexity index is 1110. The second kappa shape index (κ2) is 9.86. The van der Waals surface area contributed by atoms with Crippen LogP contribution in [-0.2, 0) is 11.3 Å². The summed E-state index contributed by atoms with van der Waals surface area (Å²) in [4.78, 5) is 26.4. The zero-order valence-corrected chi connectivity index (χ0v) is 16.4. The molecule has 5 N–H and O–H groups in total. The van der Waals surface area contributed by atoms with Crippen LogP contribution in [0.5, 0.6) is 11.6 Å². The highest BCUT2D eigenvalue weighted by atomic mass is 35.5. The van der Waals surface area contributed by atoms with Crippen molar-refractivity contribution in [2.24, 2.45) is 11.5 Å². The number of carboxylic acid groups (broad SMARTS) is 1. The standard InChI is InChI=1S/C17H15F2N7O4.ClH/c18-12-5-10(30-17-13(19)3-8(6-22-17)15(21)29)1-2-11(12)16-23-25-26(24-16)7-9(20)4-14(27)28;/h1-3,5-6,9H,4,7,20H2,(H2,21,29)(H,27,28);1H/t9-;/m0./s1. The molecular weight excluding hydrogens is 440 g/mol. The van der Waals surface area contributed by atoms with Gasteiger partial charge >= 0.3 is 5.97 Å². The molecule has 0 saturated heterocycles. The van der Waals surface area contributed by atoms with Gasteiger partial charge in [-0.2, -0.15) is 4.80 Å². The maximum absolute atomic E-state index is 14.5. The first kappa shape index (κ1) is 23.6. The lowest BCUT2D eigenvalue weighted by Crippen LogP contribution is -2.30. The van der Waals surface area contributed by atoms with Crippen LogP contribution < -0.4 is 16.2 Å². The third kappa shape index (κ3) is 5.90. The lowest BCUT2D eigenvalue weighted by molar-refractivity contribution is -0.137. The normalized spacial score (nSPS) is 11.5. The quantitative estimate of drug-likeness (QED) is 0.450. The number of primary amides is 1. The van der Waals surface area contributed by atoms with E-state index >= 15 is 0 Å². The van der Waals surface area contributed by atoms with Crippen molar-refractivity contribution in [3.05, 3.63) is 47.7 Å². The maximum atomic E-state index is 14.5. The number of nitrogens with zero attached hydrogens (tertiary/aromatic N) is 5. The summed E-state index contributed by atoms with van der Waals surface area (Å²) < 4.78 is 33.6. The Labute approximate surface area is 179 Å². The number of aromatic nitrogens is 5. The van der Waals surface area contributed by atoms with Crippen molar-refractivity contribution in [1.82, 2.24) is 25.2 Å². The second-order valence-electron chi connectivity index (χ2n) is 6.14. The molecule has 0 spiro atoms. The van der Waals surface area contributed by atoms with Gasteiger partial charge in [-0.05, 0) is 23.4 Å². The van der Waals surface area contributed by atoms with Crippen molar-refractivity contribution < 1.29 is 28.2 Å². The number of aliphatic carboxylic acids is 1. The van der Waals surface area contributed by atoms with Gasteiger partial charge in [0.05, 0.1) is 24.1 Å². The van der Waals surface area contributed by atoms with Crippen LogP contribution in [0.25, 0.3) is 11.4 Å². The molecule has 2 aromatic heterocycles. The van der Waals surface area contributed by atoms with Gasteiger partial charge < -0.3 is 21.3 Å². The van der Waals surface area contributed by atoms with Crippen LogP contribution in [0.4, 0.5) is 8.78 Å². The van der Waals surface area contributed by atoms with Crippen LogP contribution in [0.1, 0.15) is 16.8 Å². The van der Waals surface area contributed by atoms with Gasteiger partial charge in [0, 0.05) is 18.3 Å². The lowest BCUT2D eigenvalue weighted by Gasteiger charge is -2.08. The van der Waals surface area contributed by atoms with Gasteiger partial charge in [0.25, 0.3) is 5.88 Å². The number of ether oxygens (including phenoxy) is 1. The highest BCUT2D eigenvalue weighted by molar-refractivity contribution is 5.92. The van der Waals surface area contributed by atoms with Gasteiger partial charge in [-0.3, -0.25) is 9.59 Å². The lowest BCUT2D eigenvalue weighted by atomic mass is 10.2. The van der Waals surface area contributed by atoms with E-state index in [0.29, 0.717) is 0 Å². The number of amides is 1. The van der Waals surface area contributed by atoms with E-state index in [0.717, 1.165) is 23.1 Å². The molecule has 164 valence electrons. The number of carbonyl (C=O) groups excluding carboxylic acids is 1. The largest absolute Gasteiger partial charge is 0.481 e. The molecule has 11 nitrogen and oxygen atoms in total. The fourth-order valence-electron chi connectivity index (χ4n) is 2.41. The molecule has 0 aliphatic rings. The Kier molecular flexibility index (Phi) is 7.50. The average molecular weight is 456 g/mol. The molecule has 2 heterocycles. The molecule has 1 atom stereocenters. The first-order chi connectivity index (χ1) is 14.2. The molecule has 0 aliphatic carbocycles. The van der Waals surface area contributed by atoms with E-state index in [2.05, 4.69) is 20.4 Å². The number of carboxylic acids is 1. The number of hydrogen-bond acceptors (Lipinski definition) is 8. The minimum atomic E-state index is -1.07. The smallest absolute Gasteiger partial charge is 0.304 e. The van der Waals surface area contributed by atoms with Crippen molar-refractivity contribution in [2.45, 2.75) is 19.0 Å². The fourth-order valence-corrected chi connectivity index (χ4v) is 2.41. The van der Waals surface area contributed by atoms with E-state index in [1.54, 1.807) is 0 Å². The SMILES string of the molecule is Cl.NC(=O)c1cnc(Oc2ccc(-c3nnn(C[C@@H](N)CC(=O)O)n3)c(F)c2)c(F)c1. The Morgan fingerprint density at radius 3 is 2.58 bits per heavy atom. The predicted octanol–water partition coefficient (Wildman–Crippen LogP) is 1.13. The molecule has 0 unspecified atom stereocenters. The summed E-state index contributed by atoms with van der Waals surface area (Å²) in [6.45, 7) is -0.0195. The number of nitrogens with two attached hydrogens (primary N) is 2. The molecule has 1 aromatic carbocycles. The Balaban J connectivity index is 0.00000341. The van der Waals surface area contributed by atoms with Crippen molar-refractivity contribution in [3.63, 3.8) is 0 Å². The molecule has 3 rings (SSSR count). The Morgan fingerprint density at radius 1 is 1.23 bits per heavy atom. The van der Waals surface area contributed by atoms with Gasteiger partial charge in [0.1, 0.15) is 11.6 Å². The molecule has 0 bridgehead atoms. The van der Waals surface area contributed by atoms with Crippen LogP contribution >= 0.6 is 12.4 Å². The molecule has 0 fully saturated rings. The molecular formula is C17H16ClF2N7O4. The minimum Gasteiger partial charge on any atom is -0.481 e. The fraction of sp³-hybridized carbons (Fsp3) is 0.176. The number of hydrogen-bond donors (Lipinski definition) is 3. The van der Waals surface area contributed by atoms with E-state index in [4.69, 9.17) is 21.3 Å². The summed E-state index contributed by atoms with van der Waals surface area (Å²) >= 11 is 0. The first-order valence-corrected chi connectivity index (χ1v) is 8.41. The van der Waals surface area contributed by atoms with Crippen molar-refractivity contribution in [1.29, 1.82) is 0 Å². The van der Waals surface area contributed by atoms with Gasteiger partial charge in [-0.1, -0.05) is 0 Å². The van der Waals surface area contributed by atoms with Gasteiger partial charge in [0.15, 0.2) is 5.82 Å². The van der Waals surface area contributed by atoms with E-state index < -0.39 is 35.4 Å². The topological polar surface area (TPSA) is 172 Å². The van der Waals surface area contributed by atoms with E-state index in [-0.39, 0.29) is 48.1 Å². The first-order valence-electron chi connectivity index (χ1n) is 8.41.